The molecule has 1 aromatic rings. The van der Waals surface area contributed by atoms with Gasteiger partial charge in [-0.1, -0.05) is 6.92 Å². The Balaban J connectivity index is 3.02. The predicted octanol–water partition coefficient (Wildman–Crippen LogP) is 1.95. The molecule has 0 aliphatic carbocycles. The van der Waals surface area contributed by atoms with Crippen molar-refractivity contribution in [3.63, 3.8) is 0 Å². The normalized spacial score (nSPS) is 9.62. The smallest absolute Gasteiger partial charge is 0.312 e. The molecule has 0 spiro atoms. The zero-order valence-electron chi connectivity index (χ0n) is 9.02. The molecule has 6 heteroatoms. The fourth-order valence-corrected chi connectivity index (χ4v) is 1.16. The second-order valence-electron chi connectivity index (χ2n) is 3.05. The molecule has 0 atom stereocenters. The average molecular weight is 224 g/mol. The zero-order valence-corrected chi connectivity index (χ0v) is 9.02. The van der Waals surface area contributed by atoms with Crippen LogP contribution < -0.4 is 10.1 Å². The maximum absolute atomic E-state index is 11.1. The summed E-state index contributed by atoms with van der Waals surface area (Å²) in [7, 11) is 1.35. The predicted molar refractivity (Wildman–Crippen MR) is 58.6 cm³/mol. The Morgan fingerprint density at radius 2 is 2.25 bits per heavy atom. The van der Waals surface area contributed by atoms with Crippen LogP contribution in [-0.4, -0.2) is 17.9 Å². The fraction of sp³-hybridized carbons (Fsp3) is 0.300. The third-order valence-corrected chi connectivity index (χ3v) is 1.98. The SMILES string of the molecule is CCC(=O)Nc1ccc(OC)c([N+](=O)[O-])c1. The highest BCUT2D eigenvalue weighted by Gasteiger charge is 2.15. The van der Waals surface area contributed by atoms with Gasteiger partial charge in [0, 0.05) is 18.2 Å². The van der Waals surface area contributed by atoms with Gasteiger partial charge in [-0.25, -0.2) is 0 Å². The summed E-state index contributed by atoms with van der Waals surface area (Å²) < 4.78 is 4.84. The summed E-state index contributed by atoms with van der Waals surface area (Å²) in [5.74, 6) is -0.0287. The van der Waals surface area contributed by atoms with E-state index in [1.165, 1.54) is 19.2 Å². The Hall–Kier alpha value is -2.11. The topological polar surface area (TPSA) is 81.5 Å². The van der Waals surface area contributed by atoms with Gasteiger partial charge in [-0.15, -0.1) is 0 Å². The Morgan fingerprint density at radius 1 is 1.56 bits per heavy atom. The van der Waals surface area contributed by atoms with Gasteiger partial charge in [0.2, 0.25) is 5.91 Å². The number of carbonyl (C=O) groups is 1. The quantitative estimate of drug-likeness (QED) is 0.626. The molecule has 6 nitrogen and oxygen atoms in total. The van der Waals surface area contributed by atoms with Crippen molar-refractivity contribution in [1.82, 2.24) is 0 Å². The number of nitro benzene ring substituents is 1. The van der Waals surface area contributed by atoms with Gasteiger partial charge < -0.3 is 10.1 Å². The second kappa shape index (κ2) is 5.11. The van der Waals surface area contributed by atoms with Crippen LogP contribution in [0.2, 0.25) is 0 Å². The number of rotatable bonds is 4. The molecular weight excluding hydrogens is 212 g/mol. The van der Waals surface area contributed by atoms with Crippen molar-refractivity contribution < 1.29 is 14.5 Å². The maximum atomic E-state index is 11.1. The van der Waals surface area contributed by atoms with E-state index in [1.807, 2.05) is 0 Å². The van der Waals surface area contributed by atoms with Crippen LogP contribution in [0.15, 0.2) is 18.2 Å². The van der Waals surface area contributed by atoms with Crippen molar-refractivity contribution in [3.05, 3.63) is 28.3 Å². The third-order valence-electron chi connectivity index (χ3n) is 1.98. The third kappa shape index (κ3) is 2.69. The number of hydrogen-bond donors (Lipinski definition) is 1. The number of carbonyl (C=O) groups excluding carboxylic acids is 1. The molecule has 0 aromatic heterocycles. The van der Waals surface area contributed by atoms with Crippen LogP contribution in [0.5, 0.6) is 5.75 Å². The summed E-state index contributed by atoms with van der Waals surface area (Å²) in [6, 6.07) is 4.27. The van der Waals surface area contributed by atoms with Crippen molar-refractivity contribution in [2.45, 2.75) is 13.3 Å². The molecule has 0 aliphatic heterocycles. The number of nitro groups is 1. The second-order valence-corrected chi connectivity index (χ2v) is 3.05. The van der Waals surface area contributed by atoms with Crippen LogP contribution in [0.25, 0.3) is 0 Å². The van der Waals surface area contributed by atoms with Crippen molar-refractivity contribution in [3.8, 4) is 5.75 Å². The Morgan fingerprint density at radius 3 is 2.75 bits per heavy atom. The molecule has 86 valence electrons. The van der Waals surface area contributed by atoms with E-state index in [2.05, 4.69) is 5.32 Å². The summed E-state index contributed by atoms with van der Waals surface area (Å²) in [6.45, 7) is 1.70. The highest BCUT2D eigenvalue weighted by molar-refractivity contribution is 5.91. The number of methoxy groups -OCH3 is 1. The van der Waals surface area contributed by atoms with Crippen LogP contribution in [0, 0.1) is 10.1 Å². The van der Waals surface area contributed by atoms with Crippen LogP contribution in [0.4, 0.5) is 11.4 Å². The monoisotopic (exact) mass is 224 g/mol. The van der Waals surface area contributed by atoms with E-state index in [-0.39, 0.29) is 17.3 Å². The molecule has 1 amide bonds. The van der Waals surface area contributed by atoms with E-state index >= 15 is 0 Å². The van der Waals surface area contributed by atoms with E-state index in [4.69, 9.17) is 4.74 Å². The number of anilines is 1. The Bertz CT molecular complexity index is 417. The molecule has 0 saturated heterocycles. The van der Waals surface area contributed by atoms with Crippen molar-refractivity contribution >= 4 is 17.3 Å². The standard InChI is InChI=1S/C10H12N2O4/c1-3-10(13)11-7-4-5-9(16-2)8(6-7)12(14)15/h4-6H,3H2,1-2H3,(H,11,13). The minimum Gasteiger partial charge on any atom is -0.490 e. The first kappa shape index (κ1) is 12.0. The van der Waals surface area contributed by atoms with Crippen molar-refractivity contribution in [2.24, 2.45) is 0 Å². The molecule has 0 fully saturated rings. The molecular formula is C10H12N2O4. The van der Waals surface area contributed by atoms with E-state index in [9.17, 15) is 14.9 Å². The highest BCUT2D eigenvalue weighted by Crippen LogP contribution is 2.29. The summed E-state index contributed by atoms with van der Waals surface area (Å²) in [6.07, 6.45) is 0.319. The molecule has 0 aliphatic rings. The van der Waals surface area contributed by atoms with E-state index in [1.54, 1.807) is 13.0 Å². The first-order valence-electron chi connectivity index (χ1n) is 4.70. The van der Waals surface area contributed by atoms with Crippen LogP contribution in [0.1, 0.15) is 13.3 Å². The first-order valence-corrected chi connectivity index (χ1v) is 4.70. The summed E-state index contributed by atoms with van der Waals surface area (Å²) in [5, 5.41) is 13.2. The van der Waals surface area contributed by atoms with Gasteiger partial charge in [0.1, 0.15) is 0 Å². The number of nitrogens with zero attached hydrogens (tertiary/aromatic N) is 1. The van der Waals surface area contributed by atoms with Gasteiger partial charge in [-0.2, -0.15) is 0 Å². The number of hydrogen-bond acceptors (Lipinski definition) is 4. The molecule has 1 rings (SSSR count). The minimum absolute atomic E-state index is 0.166. The molecule has 1 N–H and O–H groups in total. The maximum Gasteiger partial charge on any atom is 0.312 e. The van der Waals surface area contributed by atoms with E-state index < -0.39 is 4.92 Å². The van der Waals surface area contributed by atoms with Crippen molar-refractivity contribution in [1.29, 1.82) is 0 Å². The molecule has 0 radical (unpaired) electrons. The van der Waals surface area contributed by atoms with E-state index in [0.717, 1.165) is 0 Å². The van der Waals surface area contributed by atoms with Crippen LogP contribution in [-0.2, 0) is 4.79 Å². The van der Waals surface area contributed by atoms with E-state index in [0.29, 0.717) is 12.1 Å². The zero-order chi connectivity index (χ0) is 12.1. The Labute approximate surface area is 92.4 Å². The lowest BCUT2D eigenvalue weighted by molar-refractivity contribution is -0.385. The van der Waals surface area contributed by atoms with Gasteiger partial charge in [0.25, 0.3) is 0 Å². The number of nitrogens with one attached hydrogen (secondary N) is 1. The highest BCUT2D eigenvalue weighted by atomic mass is 16.6. The molecule has 0 saturated carbocycles. The van der Waals surface area contributed by atoms with Gasteiger partial charge >= 0.3 is 5.69 Å². The molecule has 0 bridgehead atoms. The summed E-state index contributed by atoms with van der Waals surface area (Å²) in [4.78, 5) is 21.3. The average Bonchev–Trinajstić information content (AvgIpc) is 2.28. The minimum atomic E-state index is -0.555. The van der Waals surface area contributed by atoms with Gasteiger partial charge in [-0.05, 0) is 12.1 Å². The number of ether oxygens (including phenoxy) is 1. The van der Waals surface area contributed by atoms with Crippen LogP contribution >= 0.6 is 0 Å². The lowest BCUT2D eigenvalue weighted by Crippen LogP contribution is -2.09. The molecule has 0 heterocycles. The lowest BCUT2D eigenvalue weighted by atomic mass is 10.2. The van der Waals surface area contributed by atoms with Crippen LogP contribution in [0.3, 0.4) is 0 Å². The Kier molecular flexibility index (Phi) is 3.82. The largest absolute Gasteiger partial charge is 0.490 e. The van der Waals surface area contributed by atoms with Gasteiger partial charge in [-0.3, -0.25) is 14.9 Å². The molecule has 0 unspecified atom stereocenters. The summed E-state index contributed by atoms with van der Waals surface area (Å²) >= 11 is 0. The summed E-state index contributed by atoms with van der Waals surface area (Å²) in [5.41, 5.74) is 0.218. The molecule has 1 aromatic carbocycles. The number of amides is 1. The number of benzene rings is 1. The molecule has 16 heavy (non-hydrogen) atoms. The lowest BCUT2D eigenvalue weighted by Gasteiger charge is -2.05. The van der Waals surface area contributed by atoms with Gasteiger partial charge in [0.15, 0.2) is 5.75 Å². The van der Waals surface area contributed by atoms with Crippen molar-refractivity contribution in [2.75, 3.05) is 12.4 Å². The van der Waals surface area contributed by atoms with Gasteiger partial charge in [0.05, 0.1) is 12.0 Å². The fourth-order valence-electron chi connectivity index (χ4n) is 1.16. The first-order chi connectivity index (χ1) is 7.58.